The molecule has 166 valence electrons. The van der Waals surface area contributed by atoms with Crippen molar-refractivity contribution in [2.45, 2.75) is 29.8 Å². The second kappa shape index (κ2) is 8.51. The van der Waals surface area contributed by atoms with Gasteiger partial charge in [0.05, 0.1) is 5.60 Å². The molecule has 0 spiro atoms. The first kappa shape index (κ1) is 21.5. The largest absolute Gasteiger partial charge is 0.611 e. The molecule has 5 rings (SSSR count). The molecule has 1 atom stereocenters. The molecule has 1 unspecified atom stereocenters. The van der Waals surface area contributed by atoms with E-state index in [0.29, 0.717) is 65.5 Å². The van der Waals surface area contributed by atoms with Gasteiger partial charge < -0.3 is 19.9 Å². The molecule has 2 aliphatic rings. The van der Waals surface area contributed by atoms with Gasteiger partial charge in [-0.15, -0.1) is 0 Å². The summed E-state index contributed by atoms with van der Waals surface area (Å²) in [5, 5.41) is 14.9. The number of hydrogen-bond acceptors (Lipinski definition) is 6. The normalized spacial score (nSPS) is 19.6. The number of piperidine rings is 1. The third-order valence-electron chi connectivity index (χ3n) is 6.02. The third-order valence-corrected chi connectivity index (χ3v) is 7.73. The van der Waals surface area contributed by atoms with Gasteiger partial charge in [0.2, 0.25) is 10.8 Å². The topological polar surface area (TPSA) is 84.3 Å². The molecule has 0 bridgehead atoms. The molecular weight excluding hydrogens is 451 g/mol. The van der Waals surface area contributed by atoms with E-state index in [1.54, 1.807) is 24.3 Å². The minimum atomic E-state index is -1.19. The summed E-state index contributed by atoms with van der Waals surface area (Å²) in [5.41, 5.74) is 1.21. The van der Waals surface area contributed by atoms with E-state index >= 15 is 0 Å². The Morgan fingerprint density at radius 1 is 1.12 bits per heavy atom. The van der Waals surface area contributed by atoms with E-state index in [4.69, 9.17) is 11.6 Å². The van der Waals surface area contributed by atoms with Crippen molar-refractivity contribution in [1.82, 2.24) is 9.97 Å². The number of halogens is 2. The fraction of sp³-hybridized carbons (Fsp3) is 0.304. The summed E-state index contributed by atoms with van der Waals surface area (Å²) in [6.45, 7) is 1.14. The maximum atomic E-state index is 13.7. The lowest BCUT2D eigenvalue weighted by atomic mass is 9.84. The number of aryl methyl sites for hydroxylation is 1. The number of aliphatic hydroxyl groups is 1. The predicted octanol–water partition coefficient (Wildman–Crippen LogP) is 4.16. The molecule has 1 saturated heterocycles. The van der Waals surface area contributed by atoms with Crippen LogP contribution in [0.15, 0.2) is 53.4 Å². The van der Waals surface area contributed by atoms with Gasteiger partial charge in [-0.2, -0.15) is 4.98 Å². The van der Waals surface area contributed by atoms with E-state index in [2.05, 4.69) is 15.3 Å². The van der Waals surface area contributed by atoms with E-state index < -0.39 is 16.8 Å². The highest BCUT2D eigenvalue weighted by atomic mass is 35.5. The number of rotatable bonds is 4. The van der Waals surface area contributed by atoms with Crippen molar-refractivity contribution in [3.63, 3.8) is 0 Å². The Kier molecular flexibility index (Phi) is 5.71. The van der Waals surface area contributed by atoms with Crippen molar-refractivity contribution in [2.75, 3.05) is 29.1 Å². The van der Waals surface area contributed by atoms with Crippen LogP contribution in [0, 0.1) is 5.82 Å². The van der Waals surface area contributed by atoms with Gasteiger partial charge >= 0.3 is 0 Å². The van der Waals surface area contributed by atoms with Gasteiger partial charge in [-0.25, -0.2) is 9.37 Å². The van der Waals surface area contributed by atoms with E-state index in [1.165, 1.54) is 12.1 Å². The zero-order chi connectivity index (χ0) is 22.3. The fourth-order valence-corrected chi connectivity index (χ4v) is 5.67. The van der Waals surface area contributed by atoms with Crippen LogP contribution >= 0.6 is 11.6 Å². The quantitative estimate of drug-likeness (QED) is 0.554. The number of aromatic nitrogens is 2. The molecule has 0 amide bonds. The molecule has 3 aromatic rings. The first-order valence-corrected chi connectivity index (χ1v) is 12.2. The van der Waals surface area contributed by atoms with Crippen molar-refractivity contribution in [3.8, 4) is 0 Å². The number of hydrogen-bond donors (Lipinski definition) is 2. The SMILES string of the molecule is [O-][S+]1CCc2nc(N3CCC(O)(c4ccc(Cl)cc4)CC3)nc(Nc3cccc(F)c3)c21. The van der Waals surface area contributed by atoms with Crippen LogP contribution in [0.25, 0.3) is 0 Å². The zero-order valence-corrected chi connectivity index (χ0v) is 18.8. The number of nitrogens with zero attached hydrogens (tertiary/aromatic N) is 3. The van der Waals surface area contributed by atoms with Gasteiger partial charge in [0, 0.05) is 30.2 Å². The van der Waals surface area contributed by atoms with Crippen molar-refractivity contribution in [3.05, 3.63) is 70.6 Å². The van der Waals surface area contributed by atoms with Crippen LogP contribution in [-0.2, 0) is 23.2 Å². The lowest BCUT2D eigenvalue weighted by Gasteiger charge is -2.38. The highest BCUT2D eigenvalue weighted by Gasteiger charge is 2.37. The second-order valence-corrected chi connectivity index (χ2v) is 10.1. The van der Waals surface area contributed by atoms with Crippen LogP contribution < -0.4 is 10.2 Å². The maximum absolute atomic E-state index is 13.7. The van der Waals surface area contributed by atoms with Crippen LogP contribution in [0.1, 0.15) is 24.1 Å². The fourth-order valence-electron chi connectivity index (χ4n) is 4.24. The Bertz CT molecular complexity index is 1140. The van der Waals surface area contributed by atoms with Gasteiger partial charge in [-0.1, -0.05) is 29.8 Å². The predicted molar refractivity (Wildman–Crippen MR) is 123 cm³/mol. The van der Waals surface area contributed by atoms with E-state index in [9.17, 15) is 14.0 Å². The highest BCUT2D eigenvalue weighted by Crippen LogP contribution is 2.37. The molecule has 0 aliphatic carbocycles. The minimum absolute atomic E-state index is 0.362. The Hall–Kier alpha value is -2.39. The van der Waals surface area contributed by atoms with Crippen LogP contribution in [0.3, 0.4) is 0 Å². The van der Waals surface area contributed by atoms with Crippen molar-refractivity contribution in [1.29, 1.82) is 0 Å². The lowest BCUT2D eigenvalue weighted by molar-refractivity contribution is 0.0115. The van der Waals surface area contributed by atoms with Crippen LogP contribution in [0.2, 0.25) is 5.02 Å². The van der Waals surface area contributed by atoms with Crippen LogP contribution in [-0.4, -0.2) is 38.5 Å². The Labute approximate surface area is 193 Å². The summed E-state index contributed by atoms with van der Waals surface area (Å²) in [6.07, 6.45) is 1.65. The van der Waals surface area contributed by atoms with E-state index in [-0.39, 0.29) is 5.82 Å². The zero-order valence-electron chi connectivity index (χ0n) is 17.2. The molecule has 9 heteroatoms. The molecule has 2 aliphatic heterocycles. The summed E-state index contributed by atoms with van der Waals surface area (Å²) in [5.74, 6) is 1.12. The smallest absolute Gasteiger partial charge is 0.227 e. The highest BCUT2D eigenvalue weighted by molar-refractivity contribution is 7.91. The van der Waals surface area contributed by atoms with Gasteiger partial charge in [0.1, 0.15) is 17.3 Å². The molecular formula is C23H22ClFN4O2S. The average Bonchev–Trinajstić information content (AvgIpc) is 3.16. The molecule has 0 saturated carbocycles. The van der Waals surface area contributed by atoms with Crippen LogP contribution in [0.4, 0.5) is 21.8 Å². The first-order valence-electron chi connectivity index (χ1n) is 10.5. The van der Waals surface area contributed by atoms with E-state index in [1.807, 2.05) is 17.0 Å². The second-order valence-electron chi connectivity index (χ2n) is 8.11. The summed E-state index contributed by atoms with van der Waals surface area (Å²) < 4.78 is 26.2. The molecule has 2 aromatic carbocycles. The number of fused-ring (bicyclic) bond motifs is 1. The van der Waals surface area contributed by atoms with Gasteiger partial charge in [0.25, 0.3) is 0 Å². The average molecular weight is 473 g/mol. The van der Waals surface area contributed by atoms with Gasteiger partial charge in [0.15, 0.2) is 5.82 Å². The molecule has 6 nitrogen and oxygen atoms in total. The summed E-state index contributed by atoms with van der Waals surface area (Å²) in [7, 11) is 0. The molecule has 32 heavy (non-hydrogen) atoms. The molecule has 2 N–H and O–H groups in total. The van der Waals surface area contributed by atoms with E-state index in [0.717, 1.165) is 11.3 Å². The Morgan fingerprint density at radius 2 is 1.88 bits per heavy atom. The third kappa shape index (κ3) is 4.15. The minimum Gasteiger partial charge on any atom is -0.611 e. The molecule has 3 heterocycles. The number of anilines is 3. The molecule has 0 radical (unpaired) electrons. The number of benzene rings is 2. The summed E-state index contributed by atoms with van der Waals surface area (Å²) in [6, 6.07) is 13.4. The summed E-state index contributed by atoms with van der Waals surface area (Å²) in [4.78, 5) is 12.0. The number of nitrogens with one attached hydrogen (secondary N) is 1. The molecule has 1 fully saturated rings. The van der Waals surface area contributed by atoms with Crippen molar-refractivity contribution >= 4 is 40.2 Å². The standard InChI is InChI=1S/C23H22ClFN4O2S/c24-16-6-4-15(5-7-16)23(30)9-11-29(12-10-23)22-27-19-8-13-32(31)20(19)21(28-22)26-18-3-1-2-17(25)14-18/h1-7,14,30H,8-13H2,(H,26,27,28). The Balaban J connectivity index is 1.40. The van der Waals surface area contributed by atoms with Crippen molar-refractivity contribution < 1.29 is 14.0 Å². The summed E-state index contributed by atoms with van der Waals surface area (Å²) >= 11 is 4.79. The lowest BCUT2D eigenvalue weighted by Crippen LogP contribution is -2.43. The van der Waals surface area contributed by atoms with Gasteiger partial charge in [-0.3, -0.25) is 0 Å². The van der Waals surface area contributed by atoms with Crippen LogP contribution in [0.5, 0.6) is 0 Å². The first-order chi connectivity index (χ1) is 15.4. The maximum Gasteiger partial charge on any atom is 0.227 e. The monoisotopic (exact) mass is 472 g/mol. The Morgan fingerprint density at radius 3 is 2.59 bits per heavy atom. The molecule has 1 aromatic heterocycles. The van der Waals surface area contributed by atoms with Gasteiger partial charge in [-0.05, 0) is 59.9 Å². The van der Waals surface area contributed by atoms with Crippen molar-refractivity contribution in [2.24, 2.45) is 0 Å².